The number of hydrogen-bond donors (Lipinski definition) is 1. The van der Waals surface area contributed by atoms with E-state index >= 15 is 0 Å². The minimum absolute atomic E-state index is 0.0435. The molecule has 0 saturated heterocycles. The van der Waals surface area contributed by atoms with Gasteiger partial charge in [0.25, 0.3) is 5.91 Å². The fourth-order valence-corrected chi connectivity index (χ4v) is 2.31. The number of fused-ring (bicyclic) bond motifs is 1. The third-order valence-electron chi connectivity index (χ3n) is 3.42. The van der Waals surface area contributed by atoms with Crippen LogP contribution in [-0.2, 0) is 16.1 Å². The molecule has 1 N–H and O–H groups in total. The Hall–Kier alpha value is -2.40. The summed E-state index contributed by atoms with van der Waals surface area (Å²) in [5.74, 6) is 1.40. The number of allylic oxidation sites excluding steroid dienone is 4. The standard InChI is InChI=1S/C16H16N2O3/c1-20-13-5-4-11-7-12(16(19)18-15(11)8-13)9-17-10-14-3-2-6-21-14/h2-8,11,17H,9-10H2,1H3. The lowest BCUT2D eigenvalue weighted by Gasteiger charge is -2.20. The van der Waals surface area contributed by atoms with Crippen molar-refractivity contribution in [2.45, 2.75) is 6.54 Å². The number of ether oxygens (including phenoxy) is 1. The molecular formula is C16H16N2O3. The number of dihydropyridines is 1. The van der Waals surface area contributed by atoms with Gasteiger partial charge < -0.3 is 14.5 Å². The number of nitrogens with zero attached hydrogens (tertiary/aromatic N) is 1. The van der Waals surface area contributed by atoms with Gasteiger partial charge in [-0.3, -0.25) is 4.79 Å². The third-order valence-corrected chi connectivity index (χ3v) is 3.42. The Balaban J connectivity index is 1.63. The van der Waals surface area contributed by atoms with Gasteiger partial charge in [-0.05, 0) is 18.2 Å². The van der Waals surface area contributed by atoms with Crippen LogP contribution in [0.25, 0.3) is 0 Å². The lowest BCUT2D eigenvalue weighted by Crippen LogP contribution is -2.26. The van der Waals surface area contributed by atoms with Crippen LogP contribution >= 0.6 is 0 Å². The molecule has 0 fully saturated rings. The van der Waals surface area contributed by atoms with Crippen molar-refractivity contribution >= 4 is 11.6 Å². The van der Waals surface area contributed by atoms with E-state index in [0.29, 0.717) is 24.4 Å². The Morgan fingerprint density at radius 3 is 3.10 bits per heavy atom. The minimum atomic E-state index is -0.199. The maximum Gasteiger partial charge on any atom is 0.274 e. The first-order valence-corrected chi connectivity index (χ1v) is 6.77. The summed E-state index contributed by atoms with van der Waals surface area (Å²) < 4.78 is 10.4. The fourth-order valence-electron chi connectivity index (χ4n) is 2.31. The molecule has 5 nitrogen and oxygen atoms in total. The van der Waals surface area contributed by atoms with Crippen LogP contribution in [0.3, 0.4) is 0 Å². The van der Waals surface area contributed by atoms with Crippen molar-refractivity contribution in [2.75, 3.05) is 13.7 Å². The molecule has 0 spiro atoms. The van der Waals surface area contributed by atoms with Crippen molar-refractivity contribution in [3.63, 3.8) is 0 Å². The smallest absolute Gasteiger partial charge is 0.274 e. The maximum atomic E-state index is 12.0. The molecule has 2 heterocycles. The molecular weight excluding hydrogens is 268 g/mol. The van der Waals surface area contributed by atoms with Crippen molar-refractivity contribution in [3.05, 3.63) is 59.8 Å². The van der Waals surface area contributed by atoms with Crippen LogP contribution < -0.4 is 5.32 Å². The second-order valence-corrected chi connectivity index (χ2v) is 4.85. The second kappa shape index (κ2) is 5.93. The van der Waals surface area contributed by atoms with E-state index in [-0.39, 0.29) is 11.8 Å². The topological polar surface area (TPSA) is 63.8 Å². The second-order valence-electron chi connectivity index (χ2n) is 4.85. The zero-order chi connectivity index (χ0) is 14.7. The van der Waals surface area contributed by atoms with Gasteiger partial charge in [0.1, 0.15) is 11.5 Å². The predicted molar refractivity (Wildman–Crippen MR) is 78.7 cm³/mol. The molecule has 21 heavy (non-hydrogen) atoms. The van der Waals surface area contributed by atoms with Gasteiger partial charge in [0.05, 0.1) is 25.6 Å². The average molecular weight is 284 g/mol. The first kappa shape index (κ1) is 13.6. The van der Waals surface area contributed by atoms with Gasteiger partial charge in [-0.1, -0.05) is 12.2 Å². The van der Waals surface area contributed by atoms with Crippen LogP contribution in [-0.4, -0.2) is 25.3 Å². The molecule has 0 aromatic carbocycles. The summed E-state index contributed by atoms with van der Waals surface area (Å²) in [5, 5.41) is 3.19. The summed E-state index contributed by atoms with van der Waals surface area (Å²) in [6.45, 7) is 1.06. The zero-order valence-corrected chi connectivity index (χ0v) is 11.7. The Morgan fingerprint density at radius 1 is 1.43 bits per heavy atom. The number of methoxy groups -OCH3 is 1. The van der Waals surface area contributed by atoms with Crippen LogP contribution in [0.2, 0.25) is 0 Å². The molecule has 1 aliphatic heterocycles. The van der Waals surface area contributed by atoms with Crippen molar-refractivity contribution in [1.29, 1.82) is 0 Å². The van der Waals surface area contributed by atoms with E-state index in [0.717, 1.165) is 11.5 Å². The van der Waals surface area contributed by atoms with Crippen LogP contribution in [0.1, 0.15) is 5.76 Å². The first-order valence-electron chi connectivity index (χ1n) is 6.77. The Bertz CT molecular complexity index is 651. The number of rotatable bonds is 5. The van der Waals surface area contributed by atoms with E-state index in [9.17, 15) is 4.79 Å². The number of hydrogen-bond acceptors (Lipinski definition) is 4. The van der Waals surface area contributed by atoms with Gasteiger partial charge in [-0.25, -0.2) is 4.99 Å². The molecule has 1 aliphatic carbocycles. The monoisotopic (exact) mass is 284 g/mol. The summed E-state index contributed by atoms with van der Waals surface area (Å²) in [7, 11) is 1.60. The normalized spacial score (nSPS) is 20.5. The van der Waals surface area contributed by atoms with E-state index in [1.54, 1.807) is 19.4 Å². The van der Waals surface area contributed by atoms with Gasteiger partial charge in [0.2, 0.25) is 0 Å². The van der Waals surface area contributed by atoms with Gasteiger partial charge >= 0.3 is 0 Å². The number of carbonyl (C=O) groups is 1. The Labute approximate surface area is 122 Å². The van der Waals surface area contributed by atoms with Crippen molar-refractivity contribution in [3.8, 4) is 0 Å². The van der Waals surface area contributed by atoms with Crippen LogP contribution in [0, 0.1) is 5.92 Å². The largest absolute Gasteiger partial charge is 0.497 e. The number of nitrogens with one attached hydrogen (secondary N) is 1. The molecule has 0 radical (unpaired) electrons. The minimum Gasteiger partial charge on any atom is -0.497 e. The Kier molecular flexibility index (Phi) is 3.83. The van der Waals surface area contributed by atoms with E-state index in [1.165, 1.54) is 0 Å². The van der Waals surface area contributed by atoms with E-state index in [4.69, 9.17) is 9.15 Å². The van der Waals surface area contributed by atoms with E-state index in [1.807, 2.05) is 30.4 Å². The van der Waals surface area contributed by atoms with Crippen LogP contribution in [0.4, 0.5) is 0 Å². The summed E-state index contributed by atoms with van der Waals surface area (Å²) in [6.07, 6.45) is 9.25. The number of carbonyl (C=O) groups excluding carboxylic acids is 1. The molecule has 1 unspecified atom stereocenters. The molecule has 5 heteroatoms. The quantitative estimate of drug-likeness (QED) is 0.898. The fraction of sp³-hybridized carbons (Fsp3) is 0.250. The van der Waals surface area contributed by atoms with E-state index < -0.39 is 0 Å². The van der Waals surface area contributed by atoms with Crippen LogP contribution in [0.15, 0.2) is 63.4 Å². The van der Waals surface area contributed by atoms with Gasteiger partial charge in [0.15, 0.2) is 0 Å². The highest BCUT2D eigenvalue weighted by molar-refractivity contribution is 6.13. The van der Waals surface area contributed by atoms with Crippen molar-refractivity contribution in [2.24, 2.45) is 10.9 Å². The maximum absolute atomic E-state index is 12.0. The summed E-state index contributed by atoms with van der Waals surface area (Å²) in [6, 6.07) is 3.73. The molecule has 0 bridgehead atoms. The SMILES string of the molecule is COC1=CC2=NC(=O)C(CNCc3ccco3)=CC2C=C1. The number of furan rings is 1. The first-order chi connectivity index (χ1) is 10.3. The summed E-state index contributed by atoms with van der Waals surface area (Å²) in [4.78, 5) is 16.2. The molecule has 0 saturated carbocycles. The molecule has 108 valence electrons. The van der Waals surface area contributed by atoms with Crippen LogP contribution in [0.5, 0.6) is 0 Å². The predicted octanol–water partition coefficient (Wildman–Crippen LogP) is 1.99. The number of aliphatic imine (C=N–C) groups is 1. The molecule has 1 aromatic heterocycles. The van der Waals surface area contributed by atoms with Crippen molar-refractivity contribution < 1.29 is 13.9 Å². The zero-order valence-electron chi connectivity index (χ0n) is 11.7. The van der Waals surface area contributed by atoms with E-state index in [2.05, 4.69) is 10.3 Å². The molecule has 1 amide bonds. The number of amides is 1. The Morgan fingerprint density at radius 2 is 2.33 bits per heavy atom. The molecule has 2 aliphatic rings. The average Bonchev–Trinajstić information content (AvgIpc) is 3.00. The van der Waals surface area contributed by atoms with Crippen molar-refractivity contribution in [1.82, 2.24) is 5.32 Å². The lowest BCUT2D eigenvalue weighted by atomic mass is 9.92. The van der Waals surface area contributed by atoms with Gasteiger partial charge in [-0.2, -0.15) is 0 Å². The van der Waals surface area contributed by atoms with Gasteiger partial charge in [0, 0.05) is 24.1 Å². The highest BCUT2D eigenvalue weighted by atomic mass is 16.5. The highest BCUT2D eigenvalue weighted by Gasteiger charge is 2.23. The third kappa shape index (κ3) is 3.03. The summed E-state index contributed by atoms with van der Waals surface area (Å²) >= 11 is 0. The molecule has 1 atom stereocenters. The molecule has 1 aromatic rings. The summed E-state index contributed by atoms with van der Waals surface area (Å²) in [5.41, 5.74) is 1.41. The molecule has 3 rings (SSSR count). The van der Waals surface area contributed by atoms with Gasteiger partial charge in [-0.15, -0.1) is 0 Å². The lowest BCUT2D eigenvalue weighted by molar-refractivity contribution is -0.114. The highest BCUT2D eigenvalue weighted by Crippen LogP contribution is 2.22.